The molecule has 2 aromatic rings. The Kier molecular flexibility index (Phi) is 3.16. The summed E-state index contributed by atoms with van der Waals surface area (Å²) in [6.07, 6.45) is 0. The van der Waals surface area contributed by atoms with Crippen molar-refractivity contribution in [3.8, 4) is 11.1 Å². The van der Waals surface area contributed by atoms with Crippen LogP contribution < -0.4 is 5.32 Å². The Bertz CT molecular complexity index is 518. The van der Waals surface area contributed by atoms with Gasteiger partial charge in [-0.2, -0.15) is 0 Å². The van der Waals surface area contributed by atoms with Crippen LogP contribution in [0.3, 0.4) is 0 Å². The summed E-state index contributed by atoms with van der Waals surface area (Å²) in [6.45, 7) is 4.58. The van der Waals surface area contributed by atoms with Gasteiger partial charge in [0.15, 0.2) is 0 Å². The highest BCUT2D eigenvalue weighted by Crippen LogP contribution is 2.30. The van der Waals surface area contributed by atoms with E-state index in [2.05, 4.69) is 66.8 Å². The third-order valence-electron chi connectivity index (χ3n) is 3.94. The van der Waals surface area contributed by atoms with Crippen LogP contribution in [-0.4, -0.2) is 13.1 Å². The first-order chi connectivity index (χ1) is 8.84. The molecule has 0 radical (unpaired) electrons. The predicted molar refractivity (Wildman–Crippen MR) is 76.7 cm³/mol. The van der Waals surface area contributed by atoms with Gasteiger partial charge in [0.2, 0.25) is 0 Å². The predicted octanol–water partition coefficient (Wildman–Crippen LogP) is 3.68. The second-order valence-electron chi connectivity index (χ2n) is 5.23. The maximum atomic E-state index is 3.48. The molecule has 0 aliphatic carbocycles. The molecule has 0 spiro atoms. The van der Waals surface area contributed by atoms with E-state index in [0.717, 1.165) is 19.0 Å². The zero-order chi connectivity index (χ0) is 12.4. The Balaban J connectivity index is 1.94. The zero-order valence-corrected chi connectivity index (χ0v) is 10.8. The summed E-state index contributed by atoms with van der Waals surface area (Å²) in [4.78, 5) is 0. The molecule has 1 N–H and O–H groups in total. The quantitative estimate of drug-likeness (QED) is 0.840. The molecule has 2 aromatic carbocycles. The number of nitrogens with one attached hydrogen (secondary N) is 1. The van der Waals surface area contributed by atoms with Crippen molar-refractivity contribution in [1.29, 1.82) is 0 Å². The number of rotatable bonds is 2. The second kappa shape index (κ2) is 4.95. The smallest absolute Gasteiger partial charge is 0.00233 e. The molecule has 1 fully saturated rings. The summed E-state index contributed by atoms with van der Waals surface area (Å²) in [7, 11) is 0. The van der Waals surface area contributed by atoms with Crippen LogP contribution in [0.15, 0.2) is 54.6 Å². The lowest BCUT2D eigenvalue weighted by Crippen LogP contribution is -2.08. The highest BCUT2D eigenvalue weighted by atomic mass is 14.9. The fraction of sp³-hybridized carbons (Fsp3) is 0.294. The van der Waals surface area contributed by atoms with Crippen LogP contribution in [0.25, 0.3) is 11.1 Å². The van der Waals surface area contributed by atoms with E-state index < -0.39 is 0 Å². The minimum Gasteiger partial charge on any atom is -0.316 e. The summed E-state index contributed by atoms with van der Waals surface area (Å²) >= 11 is 0. The molecule has 0 amide bonds. The average Bonchev–Trinajstić information content (AvgIpc) is 2.86. The van der Waals surface area contributed by atoms with Crippen LogP contribution in [0.1, 0.15) is 18.4 Å². The first kappa shape index (κ1) is 11.5. The van der Waals surface area contributed by atoms with Gasteiger partial charge in [0.1, 0.15) is 0 Å². The first-order valence-corrected chi connectivity index (χ1v) is 6.71. The molecule has 0 saturated carbocycles. The molecule has 1 heteroatoms. The second-order valence-corrected chi connectivity index (χ2v) is 5.23. The summed E-state index contributed by atoms with van der Waals surface area (Å²) in [6, 6.07) is 19.6. The van der Waals surface area contributed by atoms with E-state index in [1.165, 1.54) is 16.7 Å². The lowest BCUT2D eigenvalue weighted by atomic mass is 9.88. The molecule has 0 unspecified atom stereocenters. The number of hydrogen-bond donors (Lipinski definition) is 1. The first-order valence-electron chi connectivity index (χ1n) is 6.71. The molecule has 1 heterocycles. The monoisotopic (exact) mass is 237 g/mol. The minimum atomic E-state index is 0.661. The summed E-state index contributed by atoms with van der Waals surface area (Å²) in [5.74, 6) is 1.39. The largest absolute Gasteiger partial charge is 0.316 e. The van der Waals surface area contributed by atoms with Gasteiger partial charge < -0.3 is 5.32 Å². The molecule has 2 atom stereocenters. The molecule has 0 bridgehead atoms. The Morgan fingerprint density at radius 1 is 0.889 bits per heavy atom. The van der Waals surface area contributed by atoms with E-state index in [0.29, 0.717) is 5.92 Å². The third-order valence-corrected chi connectivity index (χ3v) is 3.94. The van der Waals surface area contributed by atoms with Gasteiger partial charge in [0, 0.05) is 12.5 Å². The van der Waals surface area contributed by atoms with Crippen molar-refractivity contribution in [1.82, 2.24) is 5.32 Å². The fourth-order valence-corrected chi connectivity index (χ4v) is 2.84. The molecule has 18 heavy (non-hydrogen) atoms. The fourth-order valence-electron chi connectivity index (χ4n) is 2.84. The van der Waals surface area contributed by atoms with Crippen LogP contribution in [0.4, 0.5) is 0 Å². The molecule has 1 saturated heterocycles. The third kappa shape index (κ3) is 2.19. The van der Waals surface area contributed by atoms with E-state index >= 15 is 0 Å². The summed E-state index contributed by atoms with van der Waals surface area (Å²) < 4.78 is 0. The van der Waals surface area contributed by atoms with Gasteiger partial charge in [-0.25, -0.2) is 0 Å². The van der Waals surface area contributed by atoms with E-state index in [-0.39, 0.29) is 0 Å². The molecule has 1 nitrogen and oxygen atoms in total. The van der Waals surface area contributed by atoms with Crippen molar-refractivity contribution in [3.05, 3.63) is 60.2 Å². The van der Waals surface area contributed by atoms with E-state index in [1.807, 2.05) is 0 Å². The zero-order valence-electron chi connectivity index (χ0n) is 10.8. The van der Waals surface area contributed by atoms with Crippen molar-refractivity contribution in [2.75, 3.05) is 13.1 Å². The van der Waals surface area contributed by atoms with Crippen molar-refractivity contribution in [2.24, 2.45) is 5.92 Å². The maximum absolute atomic E-state index is 3.48. The maximum Gasteiger partial charge on any atom is 0.00233 e. The molecule has 3 rings (SSSR count). The van der Waals surface area contributed by atoms with Crippen LogP contribution in [0.5, 0.6) is 0 Å². The van der Waals surface area contributed by atoms with E-state index in [1.54, 1.807) is 0 Å². The Morgan fingerprint density at radius 3 is 2.39 bits per heavy atom. The minimum absolute atomic E-state index is 0.661. The normalized spacial score (nSPS) is 23.2. The standard InChI is InChI=1S/C17H19N/c1-13-11-18-12-17(13)16-9-5-8-15(10-16)14-6-3-2-4-7-14/h2-10,13,17-18H,11-12H2,1H3/t13-,17-/m1/s1. The Morgan fingerprint density at radius 2 is 1.67 bits per heavy atom. The van der Waals surface area contributed by atoms with Crippen molar-refractivity contribution >= 4 is 0 Å². The molecule has 1 aliphatic rings. The van der Waals surface area contributed by atoms with Crippen LogP contribution in [0.2, 0.25) is 0 Å². The van der Waals surface area contributed by atoms with Crippen molar-refractivity contribution in [3.63, 3.8) is 0 Å². The van der Waals surface area contributed by atoms with E-state index in [9.17, 15) is 0 Å². The molecular weight excluding hydrogens is 218 g/mol. The van der Waals surface area contributed by atoms with Gasteiger partial charge in [-0.15, -0.1) is 0 Å². The topological polar surface area (TPSA) is 12.0 Å². The molecule has 1 aliphatic heterocycles. The van der Waals surface area contributed by atoms with Gasteiger partial charge in [-0.1, -0.05) is 61.5 Å². The van der Waals surface area contributed by atoms with Crippen molar-refractivity contribution < 1.29 is 0 Å². The van der Waals surface area contributed by atoms with Gasteiger partial charge in [-0.05, 0) is 29.2 Å². The van der Waals surface area contributed by atoms with Gasteiger partial charge in [-0.3, -0.25) is 0 Å². The SMILES string of the molecule is C[C@@H]1CNC[C@H]1c1cccc(-c2ccccc2)c1. The highest BCUT2D eigenvalue weighted by molar-refractivity contribution is 5.64. The number of benzene rings is 2. The van der Waals surface area contributed by atoms with Crippen molar-refractivity contribution in [2.45, 2.75) is 12.8 Å². The van der Waals surface area contributed by atoms with Gasteiger partial charge >= 0.3 is 0 Å². The van der Waals surface area contributed by atoms with E-state index in [4.69, 9.17) is 0 Å². The van der Waals surface area contributed by atoms with Gasteiger partial charge in [0.25, 0.3) is 0 Å². The molecule has 92 valence electrons. The highest BCUT2D eigenvalue weighted by Gasteiger charge is 2.24. The number of hydrogen-bond acceptors (Lipinski definition) is 1. The molecule has 0 aromatic heterocycles. The Hall–Kier alpha value is -1.60. The summed E-state index contributed by atoms with van der Waals surface area (Å²) in [5, 5.41) is 3.48. The lowest BCUT2D eigenvalue weighted by Gasteiger charge is -2.15. The average molecular weight is 237 g/mol. The van der Waals surface area contributed by atoms with Crippen LogP contribution in [0, 0.1) is 5.92 Å². The van der Waals surface area contributed by atoms with Crippen LogP contribution >= 0.6 is 0 Å². The lowest BCUT2D eigenvalue weighted by molar-refractivity contribution is 0.572. The Labute approximate surface area is 109 Å². The van der Waals surface area contributed by atoms with Gasteiger partial charge in [0.05, 0.1) is 0 Å². The van der Waals surface area contributed by atoms with Crippen LogP contribution in [-0.2, 0) is 0 Å². The summed E-state index contributed by atoms with van der Waals surface area (Å²) in [5.41, 5.74) is 4.10. The molecular formula is C17H19N.